The summed E-state index contributed by atoms with van der Waals surface area (Å²) in [6, 6.07) is 13.4. The first-order valence-electron chi connectivity index (χ1n) is 15.3. The molecule has 2 aromatic carbocycles. The van der Waals surface area contributed by atoms with E-state index in [-0.39, 0.29) is 27.6 Å². The highest BCUT2D eigenvalue weighted by atomic mass is 79.9. The van der Waals surface area contributed by atoms with Gasteiger partial charge in [0.25, 0.3) is 5.91 Å². The molecule has 3 aromatic rings. The van der Waals surface area contributed by atoms with Gasteiger partial charge in [0.05, 0.1) is 16.4 Å². The van der Waals surface area contributed by atoms with Crippen LogP contribution in [-0.2, 0) is 6.42 Å². The lowest BCUT2D eigenvalue weighted by atomic mass is 9.42. The second-order valence-electron chi connectivity index (χ2n) is 16.2. The van der Waals surface area contributed by atoms with Crippen LogP contribution < -0.4 is 5.43 Å². The van der Waals surface area contributed by atoms with Gasteiger partial charge in [0.2, 0.25) is 0 Å². The summed E-state index contributed by atoms with van der Waals surface area (Å²) < 4.78 is 2.77. The van der Waals surface area contributed by atoms with Gasteiger partial charge in [-0.2, -0.15) is 5.10 Å². The molecule has 1 amide bonds. The number of aromatic nitrogens is 2. The molecular weight excluding hydrogens is 655 g/mol. The van der Waals surface area contributed by atoms with E-state index in [0.29, 0.717) is 27.8 Å². The Hall–Kier alpha value is -1.86. The molecule has 2 heterocycles. The highest BCUT2D eigenvalue weighted by molar-refractivity contribution is 9.10. The van der Waals surface area contributed by atoms with E-state index in [1.54, 1.807) is 16.8 Å². The molecule has 1 aromatic heterocycles. The lowest BCUT2D eigenvalue weighted by Crippen LogP contribution is -2.80. The Kier molecular flexibility index (Phi) is 8.86. The summed E-state index contributed by atoms with van der Waals surface area (Å²) in [6.45, 7) is 29.5. The summed E-state index contributed by atoms with van der Waals surface area (Å²) in [4.78, 5) is 14.7. The van der Waals surface area contributed by atoms with Crippen molar-refractivity contribution in [2.45, 2.75) is 108 Å². The maximum Gasteiger partial charge on any atom is 0.286 e. The number of nitrogens with zero attached hydrogens (tertiary/aromatic N) is 3. The van der Waals surface area contributed by atoms with Crippen molar-refractivity contribution in [1.82, 2.24) is 20.2 Å². The molecule has 0 bridgehead atoms. The van der Waals surface area contributed by atoms with E-state index in [0.717, 1.165) is 21.3 Å². The third-order valence-electron chi connectivity index (χ3n) is 11.7. The Morgan fingerprint density at radius 2 is 1.36 bits per heavy atom. The highest BCUT2D eigenvalue weighted by Crippen LogP contribution is 2.66. The molecule has 5 nitrogen and oxygen atoms in total. The fourth-order valence-corrected chi connectivity index (χ4v) is 7.82. The van der Waals surface area contributed by atoms with Crippen molar-refractivity contribution in [2.75, 3.05) is 0 Å². The average molecular weight is 705 g/mol. The van der Waals surface area contributed by atoms with Crippen LogP contribution in [0.4, 0.5) is 0 Å². The van der Waals surface area contributed by atoms with Crippen molar-refractivity contribution < 1.29 is 4.79 Å². The van der Waals surface area contributed by atoms with Crippen LogP contribution in [0.1, 0.15) is 106 Å². The number of rotatable bonds is 5. The Balaban J connectivity index is 1.98. The van der Waals surface area contributed by atoms with Gasteiger partial charge in [0.1, 0.15) is 0 Å². The molecule has 0 radical (unpaired) electrons. The summed E-state index contributed by atoms with van der Waals surface area (Å²) in [6.07, 6.45) is 0.628. The first-order chi connectivity index (χ1) is 19.9. The molecular formula is C36H49BrCl2N4O. The van der Waals surface area contributed by atoms with Crippen molar-refractivity contribution in [3.8, 4) is 16.9 Å². The van der Waals surface area contributed by atoms with E-state index in [1.165, 1.54) is 0 Å². The summed E-state index contributed by atoms with van der Waals surface area (Å²) in [5.41, 5.74) is 5.80. The first kappa shape index (κ1) is 35.0. The van der Waals surface area contributed by atoms with Crippen LogP contribution in [0.2, 0.25) is 10.0 Å². The van der Waals surface area contributed by atoms with Crippen molar-refractivity contribution >= 4 is 45.0 Å². The highest BCUT2D eigenvalue weighted by Gasteiger charge is 2.68. The quantitative estimate of drug-likeness (QED) is 0.288. The van der Waals surface area contributed by atoms with Crippen LogP contribution in [0.5, 0.6) is 0 Å². The van der Waals surface area contributed by atoms with Crippen LogP contribution in [0, 0.1) is 21.7 Å². The molecule has 44 heavy (non-hydrogen) atoms. The van der Waals surface area contributed by atoms with Crippen molar-refractivity contribution in [3.63, 3.8) is 0 Å². The standard InChI is InChI=1S/C36H49BrCl2N4O/c1-31(2,3)21-25-28(30(44)41-43-35(10,11)33(6,7)32(4,5)34(8,9)36(43,12)13)40-42(27-19-18-24(38)20-26(27)39)29(25)22-14-16-23(37)17-15-22/h14-20H,21H2,1-13H3,(H,41,44). The molecule has 0 spiro atoms. The van der Waals surface area contributed by atoms with E-state index in [1.807, 2.05) is 30.3 Å². The maximum absolute atomic E-state index is 14.7. The average Bonchev–Trinajstić information content (AvgIpc) is 3.23. The maximum atomic E-state index is 14.7. The van der Waals surface area contributed by atoms with Gasteiger partial charge in [-0.25, -0.2) is 9.69 Å². The Morgan fingerprint density at radius 1 is 0.841 bits per heavy atom. The largest absolute Gasteiger partial charge is 0.286 e. The SMILES string of the molecule is CC(C)(C)Cc1c(C(=O)NN2C(C)(C)C(C)(C)C(C)(C)C(C)(C)C2(C)C)nn(-c2ccc(Cl)cc2Cl)c1-c1ccc(Br)cc1. The zero-order chi connectivity index (χ0) is 33.4. The molecule has 0 atom stereocenters. The van der Waals surface area contributed by atoms with Crippen molar-refractivity contribution in [2.24, 2.45) is 21.7 Å². The number of hydrogen-bond donors (Lipinski definition) is 1. The summed E-state index contributed by atoms with van der Waals surface area (Å²) >= 11 is 16.6. The third-order valence-corrected chi connectivity index (χ3v) is 12.7. The van der Waals surface area contributed by atoms with E-state index >= 15 is 0 Å². The van der Waals surface area contributed by atoms with Crippen LogP contribution in [0.3, 0.4) is 0 Å². The second-order valence-corrected chi connectivity index (χ2v) is 18.0. The molecule has 8 heteroatoms. The molecule has 4 rings (SSSR count). The molecule has 0 saturated carbocycles. The molecule has 240 valence electrons. The second kappa shape index (κ2) is 11.1. The number of benzene rings is 2. The predicted molar refractivity (Wildman–Crippen MR) is 189 cm³/mol. The van der Waals surface area contributed by atoms with Crippen LogP contribution in [0.15, 0.2) is 46.9 Å². The smallest absolute Gasteiger partial charge is 0.282 e. The molecule has 1 N–H and O–H groups in total. The summed E-state index contributed by atoms with van der Waals surface area (Å²) in [5.74, 6) is -0.237. The number of hydrogen-bond acceptors (Lipinski definition) is 3. The minimum absolute atomic E-state index is 0.0483. The van der Waals surface area contributed by atoms with E-state index in [2.05, 4.69) is 116 Å². The Labute approximate surface area is 283 Å². The monoisotopic (exact) mass is 702 g/mol. The lowest BCUT2D eigenvalue weighted by Gasteiger charge is -2.73. The number of nitrogens with one attached hydrogen (secondary N) is 1. The van der Waals surface area contributed by atoms with Crippen molar-refractivity contribution in [3.05, 3.63) is 68.2 Å². The van der Waals surface area contributed by atoms with Gasteiger partial charge < -0.3 is 0 Å². The Bertz CT molecular complexity index is 1550. The number of piperidine rings is 1. The molecule has 1 aliphatic rings. The number of carbonyl (C=O) groups excluding carboxylic acids is 1. The van der Waals surface area contributed by atoms with Gasteiger partial charge in [0, 0.05) is 31.7 Å². The van der Waals surface area contributed by atoms with Crippen molar-refractivity contribution in [1.29, 1.82) is 0 Å². The van der Waals surface area contributed by atoms with E-state index < -0.39 is 11.1 Å². The van der Waals surface area contributed by atoms with E-state index in [9.17, 15) is 4.79 Å². The molecule has 1 saturated heterocycles. The third kappa shape index (κ3) is 5.46. The zero-order valence-corrected chi connectivity index (χ0v) is 31.7. The number of carbonyl (C=O) groups is 1. The predicted octanol–water partition coefficient (Wildman–Crippen LogP) is 10.8. The summed E-state index contributed by atoms with van der Waals surface area (Å²) in [5, 5.41) is 8.24. The van der Waals surface area contributed by atoms with Gasteiger partial charge in [0.15, 0.2) is 5.69 Å². The fraction of sp³-hybridized carbons (Fsp3) is 0.556. The van der Waals surface area contributed by atoms with Gasteiger partial charge in [-0.15, -0.1) is 0 Å². The lowest BCUT2D eigenvalue weighted by molar-refractivity contribution is -0.259. The van der Waals surface area contributed by atoms with Gasteiger partial charge in [-0.05, 0) is 86.1 Å². The minimum atomic E-state index is -0.397. The number of amides is 1. The minimum Gasteiger partial charge on any atom is -0.282 e. The van der Waals surface area contributed by atoms with Crippen LogP contribution in [0.25, 0.3) is 16.9 Å². The summed E-state index contributed by atoms with van der Waals surface area (Å²) in [7, 11) is 0. The fourth-order valence-electron chi connectivity index (χ4n) is 7.06. The van der Waals surface area contributed by atoms with Gasteiger partial charge in [-0.3, -0.25) is 10.2 Å². The van der Waals surface area contributed by atoms with E-state index in [4.69, 9.17) is 28.3 Å². The molecule has 1 fully saturated rings. The van der Waals surface area contributed by atoms with Crippen LogP contribution >= 0.6 is 39.1 Å². The topological polar surface area (TPSA) is 50.2 Å². The molecule has 1 aliphatic heterocycles. The number of hydrazine groups is 1. The van der Waals surface area contributed by atoms with Gasteiger partial charge >= 0.3 is 0 Å². The molecule has 0 aliphatic carbocycles. The zero-order valence-electron chi connectivity index (χ0n) is 28.6. The Morgan fingerprint density at radius 3 is 1.84 bits per heavy atom. The van der Waals surface area contributed by atoms with Gasteiger partial charge in [-0.1, -0.05) is 114 Å². The van der Waals surface area contributed by atoms with Crippen LogP contribution in [-0.4, -0.2) is 31.8 Å². The first-order valence-corrected chi connectivity index (χ1v) is 16.9. The molecule has 0 unspecified atom stereocenters. The number of halogens is 3. The normalized spacial score (nSPS) is 20.4.